The zero-order valence-electron chi connectivity index (χ0n) is 5.03. The van der Waals surface area contributed by atoms with Gasteiger partial charge in [-0.2, -0.15) is 8.42 Å². The van der Waals surface area contributed by atoms with E-state index in [1.54, 1.807) is 0 Å². The summed E-state index contributed by atoms with van der Waals surface area (Å²) in [7, 11) is -3.67. The fourth-order valence-corrected chi connectivity index (χ4v) is 0. The predicted molar refractivity (Wildman–Crippen MR) is 35.4 cm³/mol. The first-order valence-corrected chi connectivity index (χ1v) is 3.82. The third kappa shape index (κ3) is 1180. The third-order valence-electron chi connectivity index (χ3n) is 0.118. The fourth-order valence-electron chi connectivity index (χ4n) is 0. The second-order valence-electron chi connectivity index (χ2n) is 1.14. The minimum absolute atomic E-state index is 0.347. The summed E-state index contributed by atoms with van der Waals surface area (Å²) in [5, 5.41) is 0. The second-order valence-corrected chi connectivity index (χ2v) is 2.61. The molecule has 0 aliphatic heterocycles. The van der Waals surface area contributed by atoms with E-state index < -0.39 is 10.1 Å². The zero-order valence-corrected chi connectivity index (χ0v) is 5.85. The molecule has 0 saturated heterocycles. The molecule has 0 radical (unpaired) electrons. The minimum atomic E-state index is -3.67. The van der Waals surface area contributed by atoms with Crippen LogP contribution < -0.4 is 5.73 Å². The number of hydrogen-bond donors (Lipinski definition) is 2. The molecule has 0 fully saturated rings. The molecule has 0 saturated carbocycles. The highest BCUT2D eigenvalue weighted by Crippen LogP contribution is 1.60. The van der Waals surface area contributed by atoms with Crippen molar-refractivity contribution < 1.29 is 13.0 Å². The highest BCUT2D eigenvalue weighted by molar-refractivity contribution is 7.85. The lowest BCUT2D eigenvalue weighted by Crippen LogP contribution is -1.91. The molecular weight excluding hydrogens is 142 g/mol. The Morgan fingerprint density at radius 3 is 1.89 bits per heavy atom. The first kappa shape index (κ1) is 11.3. The topological polar surface area (TPSA) is 80.4 Å². The van der Waals surface area contributed by atoms with Crippen molar-refractivity contribution in [3.05, 3.63) is 0 Å². The van der Waals surface area contributed by atoms with Gasteiger partial charge in [-0.15, -0.1) is 6.42 Å². The molecule has 0 unspecified atom stereocenters. The molecule has 0 aromatic heterocycles. The molecule has 0 aromatic rings. The Morgan fingerprint density at radius 1 is 1.78 bits per heavy atom. The van der Waals surface area contributed by atoms with Crippen molar-refractivity contribution in [3.63, 3.8) is 0 Å². The molecule has 3 N–H and O–H groups in total. The molecule has 0 amide bonds. The average Bonchev–Trinajstić information content (AvgIpc) is 1.61. The number of hydrogen-bond acceptors (Lipinski definition) is 3. The molecular formula is C4H9NO3S. The molecule has 0 aromatic carbocycles. The number of rotatable bonds is 0. The van der Waals surface area contributed by atoms with Crippen molar-refractivity contribution in [1.82, 2.24) is 0 Å². The Hall–Kier alpha value is -0.570. The van der Waals surface area contributed by atoms with Gasteiger partial charge < -0.3 is 5.73 Å². The summed E-state index contributed by atoms with van der Waals surface area (Å²) < 4.78 is 25.9. The molecule has 0 aliphatic rings. The Balaban J connectivity index is 0. The maximum atomic E-state index is 9.19. The summed E-state index contributed by atoms with van der Waals surface area (Å²) in [6, 6.07) is 0. The van der Waals surface area contributed by atoms with E-state index in [0.717, 1.165) is 0 Å². The summed E-state index contributed by atoms with van der Waals surface area (Å²) in [4.78, 5) is 0. The molecule has 0 atom stereocenters. The van der Waals surface area contributed by atoms with Crippen LogP contribution in [0.15, 0.2) is 0 Å². The van der Waals surface area contributed by atoms with Gasteiger partial charge in [0, 0.05) is 0 Å². The van der Waals surface area contributed by atoms with E-state index in [2.05, 4.69) is 12.3 Å². The predicted octanol–water partition coefficient (Wildman–Crippen LogP) is -0.918. The fraction of sp³-hybridized carbons (Fsp3) is 0.500. The van der Waals surface area contributed by atoms with Gasteiger partial charge in [0.25, 0.3) is 10.1 Å². The van der Waals surface area contributed by atoms with Gasteiger partial charge >= 0.3 is 0 Å². The highest BCUT2D eigenvalue weighted by atomic mass is 32.2. The zero-order chi connectivity index (χ0) is 7.91. The van der Waals surface area contributed by atoms with E-state index in [9.17, 15) is 8.42 Å². The lowest BCUT2D eigenvalue weighted by atomic mass is 10.7. The van der Waals surface area contributed by atoms with Crippen LogP contribution in [0, 0.1) is 12.3 Å². The van der Waals surface area contributed by atoms with Gasteiger partial charge in [0.1, 0.15) is 0 Å². The van der Waals surface area contributed by atoms with Crippen LogP contribution in [0.1, 0.15) is 0 Å². The number of nitrogens with two attached hydrogens (primary N) is 1. The highest BCUT2D eigenvalue weighted by Gasteiger charge is 1.81. The summed E-state index contributed by atoms with van der Waals surface area (Å²) >= 11 is 0. The second kappa shape index (κ2) is 5.56. The maximum absolute atomic E-state index is 9.19. The normalized spacial score (nSPS) is 8.67. The summed E-state index contributed by atoms with van der Waals surface area (Å²) in [5.41, 5.74) is 4.79. The third-order valence-corrected chi connectivity index (χ3v) is 0.118. The smallest absolute Gasteiger partial charge is 0.261 e. The molecule has 0 rings (SSSR count). The van der Waals surface area contributed by atoms with Gasteiger partial charge in [0.05, 0.1) is 12.8 Å². The Kier molecular flexibility index (Phi) is 6.96. The van der Waals surface area contributed by atoms with Crippen molar-refractivity contribution in [2.24, 2.45) is 5.73 Å². The van der Waals surface area contributed by atoms with E-state index in [4.69, 9.17) is 10.3 Å². The average molecular weight is 151 g/mol. The van der Waals surface area contributed by atoms with Crippen LogP contribution in [0.5, 0.6) is 0 Å². The largest absolute Gasteiger partial charge is 0.320 e. The van der Waals surface area contributed by atoms with Gasteiger partial charge in [-0.25, -0.2) is 0 Å². The van der Waals surface area contributed by atoms with E-state index in [1.165, 1.54) is 0 Å². The van der Waals surface area contributed by atoms with Crippen LogP contribution >= 0.6 is 0 Å². The van der Waals surface area contributed by atoms with E-state index in [0.29, 0.717) is 12.8 Å². The summed E-state index contributed by atoms with van der Waals surface area (Å²) in [6.07, 6.45) is 5.37. The summed E-state index contributed by atoms with van der Waals surface area (Å²) in [6.45, 7) is 0.347. The minimum Gasteiger partial charge on any atom is -0.320 e. The SMILES string of the molecule is C#CCN.CS(=O)(=O)O. The van der Waals surface area contributed by atoms with Crippen molar-refractivity contribution in [2.45, 2.75) is 0 Å². The maximum Gasteiger partial charge on any atom is 0.261 e. The quantitative estimate of drug-likeness (QED) is 0.346. The van der Waals surface area contributed by atoms with Gasteiger partial charge in [-0.3, -0.25) is 4.55 Å². The van der Waals surface area contributed by atoms with Crippen LogP contribution in [0.25, 0.3) is 0 Å². The van der Waals surface area contributed by atoms with Gasteiger partial charge in [-0.05, 0) is 0 Å². The standard InChI is InChI=1S/C3H5N.CH4O3S/c1-2-3-4;1-5(2,3)4/h1H,3-4H2;1H3,(H,2,3,4). The van der Waals surface area contributed by atoms with Crippen LogP contribution in [0.2, 0.25) is 0 Å². The molecule has 0 spiro atoms. The van der Waals surface area contributed by atoms with E-state index in [-0.39, 0.29) is 0 Å². The monoisotopic (exact) mass is 151 g/mol. The lowest BCUT2D eigenvalue weighted by molar-refractivity contribution is 0.490. The Morgan fingerprint density at radius 2 is 1.89 bits per heavy atom. The molecule has 0 heterocycles. The first-order chi connectivity index (χ1) is 3.91. The first-order valence-electron chi connectivity index (χ1n) is 1.97. The summed E-state index contributed by atoms with van der Waals surface area (Å²) in [5.74, 6) is 2.21. The van der Waals surface area contributed by atoms with Crippen molar-refractivity contribution >= 4 is 10.1 Å². The molecule has 9 heavy (non-hydrogen) atoms. The lowest BCUT2D eigenvalue weighted by Gasteiger charge is -1.69. The molecule has 0 aliphatic carbocycles. The molecule has 4 nitrogen and oxygen atoms in total. The van der Waals surface area contributed by atoms with Crippen LogP contribution in [-0.4, -0.2) is 25.8 Å². The van der Waals surface area contributed by atoms with E-state index >= 15 is 0 Å². The van der Waals surface area contributed by atoms with Crippen molar-refractivity contribution in [3.8, 4) is 12.3 Å². The Labute approximate surface area is 54.8 Å². The number of terminal acetylenes is 1. The van der Waals surface area contributed by atoms with Crippen LogP contribution in [0.4, 0.5) is 0 Å². The Bertz CT molecular complexity index is 168. The van der Waals surface area contributed by atoms with Gasteiger partial charge in [-0.1, -0.05) is 5.92 Å². The van der Waals surface area contributed by atoms with Crippen molar-refractivity contribution in [1.29, 1.82) is 0 Å². The van der Waals surface area contributed by atoms with E-state index in [1.807, 2.05) is 0 Å². The van der Waals surface area contributed by atoms with Crippen LogP contribution in [0.3, 0.4) is 0 Å². The van der Waals surface area contributed by atoms with Gasteiger partial charge in [0.15, 0.2) is 0 Å². The van der Waals surface area contributed by atoms with Crippen LogP contribution in [-0.2, 0) is 10.1 Å². The van der Waals surface area contributed by atoms with Crippen molar-refractivity contribution in [2.75, 3.05) is 12.8 Å². The molecule has 5 heteroatoms. The van der Waals surface area contributed by atoms with Gasteiger partial charge in [0.2, 0.25) is 0 Å². The molecule has 0 bridgehead atoms. The molecule has 54 valence electrons.